The van der Waals surface area contributed by atoms with Crippen LogP contribution >= 0.6 is 0 Å². The van der Waals surface area contributed by atoms with E-state index in [1.54, 1.807) is 6.07 Å². The highest BCUT2D eigenvalue weighted by atomic mass is 19.4. The Balaban J connectivity index is 2.95. The lowest BCUT2D eigenvalue weighted by Crippen LogP contribution is -2.42. The van der Waals surface area contributed by atoms with Gasteiger partial charge in [-0.3, -0.25) is 0 Å². The predicted molar refractivity (Wildman–Crippen MR) is 49.8 cm³/mol. The van der Waals surface area contributed by atoms with Crippen molar-refractivity contribution in [3.05, 3.63) is 29.8 Å². The average molecular weight is 220 g/mol. The number of nitrogens with two attached hydrogens (primary N) is 2. The fraction of sp³-hybridized carbons (Fsp3) is 0.333. The van der Waals surface area contributed by atoms with Gasteiger partial charge in [0.15, 0.2) is 0 Å². The number of hydrogen-bond donors (Lipinski definition) is 3. The zero-order chi connectivity index (χ0) is 11.6. The SMILES string of the molecule is Nc1ccccc1C(O)[C@H](N)C(F)(F)F. The molecule has 0 radical (unpaired) electrons. The van der Waals surface area contributed by atoms with Gasteiger partial charge in [0.1, 0.15) is 12.1 Å². The third-order valence-electron chi connectivity index (χ3n) is 2.03. The summed E-state index contributed by atoms with van der Waals surface area (Å²) >= 11 is 0. The van der Waals surface area contributed by atoms with Crippen molar-refractivity contribution in [1.29, 1.82) is 0 Å². The molecule has 6 heteroatoms. The van der Waals surface area contributed by atoms with E-state index in [-0.39, 0.29) is 11.3 Å². The van der Waals surface area contributed by atoms with Crippen molar-refractivity contribution in [1.82, 2.24) is 0 Å². The van der Waals surface area contributed by atoms with Crippen molar-refractivity contribution in [2.75, 3.05) is 5.73 Å². The van der Waals surface area contributed by atoms with Gasteiger partial charge in [-0.25, -0.2) is 0 Å². The third kappa shape index (κ3) is 2.60. The number of aliphatic hydroxyl groups is 1. The molecule has 5 N–H and O–H groups in total. The van der Waals surface area contributed by atoms with E-state index < -0.39 is 18.3 Å². The van der Waals surface area contributed by atoms with Gasteiger partial charge in [0, 0.05) is 11.3 Å². The first kappa shape index (κ1) is 11.8. The fourth-order valence-electron chi connectivity index (χ4n) is 1.15. The summed E-state index contributed by atoms with van der Waals surface area (Å²) in [6.45, 7) is 0. The molecule has 1 unspecified atom stereocenters. The molecule has 0 aliphatic rings. The summed E-state index contributed by atoms with van der Waals surface area (Å²) in [5.41, 5.74) is 10.4. The number of halogens is 3. The second-order valence-electron chi connectivity index (χ2n) is 3.14. The minimum absolute atomic E-state index is 0.0117. The van der Waals surface area contributed by atoms with Gasteiger partial charge >= 0.3 is 6.18 Å². The Labute approximate surface area is 84.5 Å². The highest BCUT2D eigenvalue weighted by Gasteiger charge is 2.42. The summed E-state index contributed by atoms with van der Waals surface area (Å²) in [5, 5.41) is 9.38. The maximum Gasteiger partial charge on any atom is 0.406 e. The maximum absolute atomic E-state index is 12.2. The van der Waals surface area contributed by atoms with Crippen molar-refractivity contribution in [2.24, 2.45) is 5.73 Å². The molecule has 0 aliphatic carbocycles. The van der Waals surface area contributed by atoms with Crippen molar-refractivity contribution in [3.8, 4) is 0 Å². The second-order valence-corrected chi connectivity index (χ2v) is 3.14. The zero-order valence-electron chi connectivity index (χ0n) is 7.70. The largest absolute Gasteiger partial charge is 0.406 e. The van der Waals surface area contributed by atoms with Gasteiger partial charge in [0.05, 0.1) is 0 Å². The van der Waals surface area contributed by atoms with Gasteiger partial charge in [0.2, 0.25) is 0 Å². The number of aliphatic hydroxyl groups excluding tert-OH is 1. The molecule has 84 valence electrons. The van der Waals surface area contributed by atoms with E-state index in [0.717, 1.165) is 0 Å². The van der Waals surface area contributed by atoms with Crippen LogP contribution in [0.5, 0.6) is 0 Å². The average Bonchev–Trinajstić information content (AvgIpc) is 2.15. The highest BCUT2D eigenvalue weighted by molar-refractivity contribution is 5.48. The molecule has 0 fully saturated rings. The Morgan fingerprint density at radius 1 is 1.20 bits per heavy atom. The summed E-state index contributed by atoms with van der Waals surface area (Å²) < 4.78 is 36.6. The number of hydrogen-bond acceptors (Lipinski definition) is 3. The molecule has 0 saturated carbocycles. The number of para-hydroxylation sites is 1. The Hall–Kier alpha value is -1.27. The van der Waals surface area contributed by atoms with E-state index in [9.17, 15) is 18.3 Å². The standard InChI is InChI=1S/C9H11F3N2O/c10-9(11,12)8(14)7(15)5-3-1-2-4-6(5)13/h1-4,7-8,15H,13-14H2/t7?,8-/m0/s1. The molecule has 0 aromatic heterocycles. The molecule has 0 heterocycles. The number of nitrogen functional groups attached to an aromatic ring is 1. The Morgan fingerprint density at radius 2 is 1.73 bits per heavy atom. The maximum atomic E-state index is 12.2. The van der Waals surface area contributed by atoms with E-state index in [1.165, 1.54) is 18.2 Å². The minimum atomic E-state index is -4.65. The minimum Gasteiger partial charge on any atom is -0.398 e. The number of benzene rings is 1. The van der Waals surface area contributed by atoms with E-state index in [2.05, 4.69) is 0 Å². The van der Waals surface area contributed by atoms with E-state index >= 15 is 0 Å². The summed E-state index contributed by atoms with van der Waals surface area (Å²) in [5.74, 6) is 0. The van der Waals surface area contributed by atoms with Gasteiger partial charge in [-0.15, -0.1) is 0 Å². The van der Waals surface area contributed by atoms with Gasteiger partial charge in [-0.2, -0.15) is 13.2 Å². The Morgan fingerprint density at radius 3 is 2.20 bits per heavy atom. The molecule has 0 bridgehead atoms. The van der Waals surface area contributed by atoms with Crippen LogP contribution in [-0.4, -0.2) is 17.3 Å². The van der Waals surface area contributed by atoms with Crippen molar-refractivity contribution >= 4 is 5.69 Å². The summed E-state index contributed by atoms with van der Waals surface area (Å²) in [6, 6.07) is 3.43. The van der Waals surface area contributed by atoms with Crippen molar-refractivity contribution in [3.63, 3.8) is 0 Å². The molecular formula is C9H11F3N2O. The number of rotatable bonds is 2. The van der Waals surface area contributed by atoms with Crippen LogP contribution in [0.1, 0.15) is 11.7 Å². The topological polar surface area (TPSA) is 72.3 Å². The van der Waals surface area contributed by atoms with E-state index in [0.29, 0.717) is 0 Å². The molecule has 3 nitrogen and oxygen atoms in total. The molecule has 0 spiro atoms. The smallest absolute Gasteiger partial charge is 0.398 e. The van der Waals surface area contributed by atoms with Gasteiger partial charge in [-0.05, 0) is 6.07 Å². The van der Waals surface area contributed by atoms with Crippen LogP contribution in [0.2, 0.25) is 0 Å². The number of anilines is 1. The van der Waals surface area contributed by atoms with Crippen molar-refractivity contribution in [2.45, 2.75) is 18.3 Å². The van der Waals surface area contributed by atoms with Gasteiger partial charge < -0.3 is 16.6 Å². The quantitative estimate of drug-likeness (QED) is 0.655. The molecule has 1 aromatic carbocycles. The lowest BCUT2D eigenvalue weighted by Gasteiger charge is -2.22. The first-order valence-electron chi connectivity index (χ1n) is 4.19. The molecule has 0 saturated heterocycles. The van der Waals surface area contributed by atoms with Gasteiger partial charge in [-0.1, -0.05) is 18.2 Å². The monoisotopic (exact) mass is 220 g/mol. The summed E-state index contributed by atoms with van der Waals surface area (Å²) in [6.07, 6.45) is -6.49. The summed E-state index contributed by atoms with van der Waals surface area (Å²) in [4.78, 5) is 0. The Bertz CT molecular complexity index is 340. The van der Waals surface area contributed by atoms with Crippen LogP contribution in [0, 0.1) is 0 Å². The predicted octanol–water partition coefficient (Wildman–Crippen LogP) is 1.19. The first-order valence-corrected chi connectivity index (χ1v) is 4.19. The molecule has 0 amide bonds. The van der Waals surface area contributed by atoms with Crippen LogP contribution in [0.4, 0.5) is 18.9 Å². The van der Waals surface area contributed by atoms with E-state index in [1.807, 2.05) is 0 Å². The van der Waals surface area contributed by atoms with Crippen LogP contribution in [0.15, 0.2) is 24.3 Å². The van der Waals surface area contributed by atoms with Crippen LogP contribution in [0.25, 0.3) is 0 Å². The van der Waals surface area contributed by atoms with Gasteiger partial charge in [0.25, 0.3) is 0 Å². The van der Waals surface area contributed by atoms with Crippen LogP contribution in [-0.2, 0) is 0 Å². The van der Waals surface area contributed by atoms with Crippen LogP contribution < -0.4 is 11.5 Å². The molecule has 1 rings (SSSR count). The fourth-order valence-corrected chi connectivity index (χ4v) is 1.15. The zero-order valence-corrected chi connectivity index (χ0v) is 7.70. The molecule has 15 heavy (non-hydrogen) atoms. The Kier molecular flexibility index (Phi) is 3.21. The second kappa shape index (κ2) is 4.08. The lowest BCUT2D eigenvalue weighted by atomic mass is 10.0. The third-order valence-corrected chi connectivity index (χ3v) is 2.03. The normalized spacial score (nSPS) is 16.1. The molecular weight excluding hydrogens is 209 g/mol. The van der Waals surface area contributed by atoms with E-state index in [4.69, 9.17) is 11.5 Å². The number of alkyl halides is 3. The molecule has 2 atom stereocenters. The molecule has 1 aromatic rings. The first-order chi connectivity index (χ1) is 6.84. The molecule has 0 aliphatic heterocycles. The van der Waals surface area contributed by atoms with Crippen LogP contribution in [0.3, 0.4) is 0 Å². The van der Waals surface area contributed by atoms with Crippen molar-refractivity contribution < 1.29 is 18.3 Å². The summed E-state index contributed by atoms with van der Waals surface area (Å²) in [7, 11) is 0. The lowest BCUT2D eigenvalue weighted by molar-refractivity contribution is -0.169. The highest BCUT2D eigenvalue weighted by Crippen LogP contribution is 2.30.